The second-order valence-electron chi connectivity index (χ2n) is 8.95. The lowest BCUT2D eigenvalue weighted by molar-refractivity contribution is -0.137. The van der Waals surface area contributed by atoms with Gasteiger partial charge in [-0.2, -0.15) is 0 Å². The number of aromatic nitrogens is 2. The van der Waals surface area contributed by atoms with Gasteiger partial charge in [0.1, 0.15) is 12.1 Å². The van der Waals surface area contributed by atoms with Crippen molar-refractivity contribution >= 4 is 23.4 Å². The molecule has 0 bridgehead atoms. The molecule has 3 aliphatic rings. The summed E-state index contributed by atoms with van der Waals surface area (Å²) in [7, 11) is 0. The third kappa shape index (κ3) is 4.37. The molecule has 2 amide bonds. The number of ether oxygens (including phenoxy) is 1. The Bertz CT molecular complexity index is 996. The van der Waals surface area contributed by atoms with Gasteiger partial charge in [0.2, 0.25) is 5.91 Å². The predicted molar refractivity (Wildman–Crippen MR) is 118 cm³/mol. The van der Waals surface area contributed by atoms with E-state index in [4.69, 9.17) is 20.8 Å². The van der Waals surface area contributed by atoms with Gasteiger partial charge in [0.25, 0.3) is 5.91 Å². The van der Waals surface area contributed by atoms with Crippen molar-refractivity contribution < 1.29 is 23.8 Å². The maximum atomic E-state index is 13.7. The lowest BCUT2D eigenvalue weighted by Gasteiger charge is -2.35. The van der Waals surface area contributed by atoms with E-state index >= 15 is 0 Å². The van der Waals surface area contributed by atoms with Gasteiger partial charge in [0.15, 0.2) is 17.3 Å². The Morgan fingerprint density at radius 3 is 2.70 bits per heavy atom. The first-order chi connectivity index (χ1) is 16.0. The lowest BCUT2D eigenvalue weighted by atomic mass is 9.83. The second kappa shape index (κ2) is 9.40. The fraction of sp³-hybridized carbons (Fsp3) is 0.565. The highest BCUT2D eigenvalue weighted by Gasteiger charge is 2.53. The molecule has 10 heteroatoms. The van der Waals surface area contributed by atoms with Crippen LogP contribution in [0, 0.1) is 5.92 Å². The Labute approximate surface area is 196 Å². The molecular formula is C23H27ClN4O5. The highest BCUT2D eigenvalue weighted by Crippen LogP contribution is 2.35. The Morgan fingerprint density at radius 1 is 1.18 bits per heavy atom. The van der Waals surface area contributed by atoms with Crippen LogP contribution in [0.5, 0.6) is 0 Å². The van der Waals surface area contributed by atoms with Gasteiger partial charge in [-0.25, -0.2) is 9.97 Å². The summed E-state index contributed by atoms with van der Waals surface area (Å²) in [6.45, 7) is 0.432. The topological polar surface area (TPSA) is 118 Å². The molecule has 176 valence electrons. The molecule has 9 nitrogen and oxygen atoms in total. The van der Waals surface area contributed by atoms with Crippen LogP contribution in [0.25, 0.3) is 11.6 Å². The van der Waals surface area contributed by atoms with E-state index < -0.39 is 35.6 Å². The molecule has 2 saturated heterocycles. The molecule has 1 aliphatic carbocycles. The minimum atomic E-state index is -0.788. The van der Waals surface area contributed by atoms with Crippen LogP contribution in [0.3, 0.4) is 0 Å². The zero-order valence-corrected chi connectivity index (χ0v) is 18.9. The molecule has 0 radical (unpaired) electrons. The van der Waals surface area contributed by atoms with Crippen LogP contribution in [-0.4, -0.2) is 74.6 Å². The van der Waals surface area contributed by atoms with Gasteiger partial charge >= 0.3 is 0 Å². The van der Waals surface area contributed by atoms with Crippen LogP contribution in [-0.2, 0) is 9.53 Å². The molecule has 2 aromatic rings. The Kier molecular flexibility index (Phi) is 6.36. The molecule has 1 saturated carbocycles. The summed E-state index contributed by atoms with van der Waals surface area (Å²) in [5.74, 6) is 0.153. The van der Waals surface area contributed by atoms with Crippen LogP contribution in [0.2, 0.25) is 0 Å². The van der Waals surface area contributed by atoms with E-state index in [2.05, 4.69) is 15.3 Å². The number of aliphatic hydroxyl groups is 1. The van der Waals surface area contributed by atoms with E-state index in [-0.39, 0.29) is 30.7 Å². The number of hydrogen-bond donors (Lipinski definition) is 2. The normalized spacial score (nSPS) is 28.5. The first-order valence-corrected chi connectivity index (χ1v) is 11.9. The predicted octanol–water partition coefficient (Wildman–Crippen LogP) is 1.99. The third-order valence-electron chi connectivity index (χ3n) is 6.85. The molecule has 4 heterocycles. The summed E-state index contributed by atoms with van der Waals surface area (Å²) in [5, 5.41) is 12.9. The number of aliphatic hydroxyl groups excluding tert-OH is 1. The Morgan fingerprint density at radius 2 is 1.94 bits per heavy atom. The fourth-order valence-electron chi connectivity index (χ4n) is 5.23. The van der Waals surface area contributed by atoms with Crippen molar-refractivity contribution in [3.8, 4) is 11.6 Å². The third-order valence-corrected chi connectivity index (χ3v) is 7.24. The zero-order valence-electron chi connectivity index (χ0n) is 18.1. The van der Waals surface area contributed by atoms with Crippen molar-refractivity contribution in [2.75, 3.05) is 13.2 Å². The van der Waals surface area contributed by atoms with Crippen molar-refractivity contribution in [2.45, 2.75) is 61.8 Å². The number of furan rings is 1. The van der Waals surface area contributed by atoms with E-state index in [9.17, 15) is 14.7 Å². The molecule has 0 aromatic carbocycles. The number of alkyl halides is 1. The number of fused-ring (bicyclic) bond motifs is 1. The van der Waals surface area contributed by atoms with E-state index in [1.807, 2.05) is 0 Å². The standard InChI is InChI=1S/C23H27ClN4O5/c24-14-11-28(19-15(29)12-32-20(14)19)23(31)18(13-5-2-1-3-6-13)27-22(30)17-8-7-16(33-17)21-25-9-4-10-26-21/h4,7-10,13-15,18-20,29H,1-3,5-6,11-12H2,(H,27,30)/t14-,15-,18-,19+,20+/m0/s1. The largest absolute Gasteiger partial charge is 0.448 e. The molecular weight excluding hydrogens is 448 g/mol. The summed E-state index contributed by atoms with van der Waals surface area (Å²) in [6.07, 6.45) is 6.85. The van der Waals surface area contributed by atoms with Gasteiger partial charge in [0.05, 0.1) is 24.1 Å². The molecule has 5 atom stereocenters. The van der Waals surface area contributed by atoms with Gasteiger partial charge in [0, 0.05) is 18.9 Å². The molecule has 2 aliphatic heterocycles. The fourth-order valence-corrected chi connectivity index (χ4v) is 5.60. The first-order valence-electron chi connectivity index (χ1n) is 11.4. The highest BCUT2D eigenvalue weighted by atomic mass is 35.5. The van der Waals surface area contributed by atoms with Crippen LogP contribution in [0.4, 0.5) is 0 Å². The minimum Gasteiger partial charge on any atom is -0.448 e. The number of nitrogens with zero attached hydrogens (tertiary/aromatic N) is 3. The van der Waals surface area contributed by atoms with Crippen molar-refractivity contribution in [1.82, 2.24) is 20.2 Å². The van der Waals surface area contributed by atoms with Crippen LogP contribution >= 0.6 is 11.6 Å². The number of rotatable bonds is 5. The molecule has 3 fully saturated rings. The number of hydrogen-bond acceptors (Lipinski definition) is 7. The number of halogens is 1. The van der Waals surface area contributed by atoms with Crippen molar-refractivity contribution in [1.29, 1.82) is 0 Å². The average Bonchev–Trinajstić information content (AvgIpc) is 3.56. The van der Waals surface area contributed by atoms with Crippen molar-refractivity contribution in [2.24, 2.45) is 5.92 Å². The minimum absolute atomic E-state index is 0.00868. The second-order valence-corrected chi connectivity index (χ2v) is 9.51. The van der Waals surface area contributed by atoms with Gasteiger partial charge in [-0.15, -0.1) is 11.6 Å². The van der Waals surface area contributed by atoms with Crippen LogP contribution in [0.15, 0.2) is 35.0 Å². The quantitative estimate of drug-likeness (QED) is 0.636. The van der Waals surface area contributed by atoms with Crippen LogP contribution < -0.4 is 5.32 Å². The SMILES string of the molecule is O=C(N[C@H](C(=O)N1C[C@H](Cl)[C@H]2OC[C@H](O)[C@H]21)C1CCCCC1)c1ccc(-c2ncccn2)o1. The number of carbonyl (C=O) groups excluding carboxylic acids is 2. The lowest BCUT2D eigenvalue weighted by Crippen LogP contribution is -2.56. The van der Waals surface area contributed by atoms with Crippen LogP contribution in [0.1, 0.15) is 42.7 Å². The maximum absolute atomic E-state index is 13.7. The smallest absolute Gasteiger partial charge is 0.287 e. The summed E-state index contributed by atoms with van der Waals surface area (Å²) < 4.78 is 11.3. The number of amides is 2. The number of nitrogens with one attached hydrogen (secondary N) is 1. The Balaban J connectivity index is 1.36. The average molecular weight is 475 g/mol. The number of likely N-dealkylation sites (tertiary alicyclic amines) is 1. The van der Waals surface area contributed by atoms with E-state index in [1.54, 1.807) is 35.5 Å². The molecule has 33 heavy (non-hydrogen) atoms. The van der Waals surface area contributed by atoms with Crippen molar-refractivity contribution in [3.63, 3.8) is 0 Å². The van der Waals surface area contributed by atoms with E-state index in [0.29, 0.717) is 11.6 Å². The Hall–Kier alpha value is -2.49. The summed E-state index contributed by atoms with van der Waals surface area (Å²) in [5.41, 5.74) is 0. The molecule has 0 unspecified atom stereocenters. The van der Waals surface area contributed by atoms with E-state index in [1.165, 1.54) is 0 Å². The summed E-state index contributed by atoms with van der Waals surface area (Å²) in [4.78, 5) is 36.7. The molecule has 2 N–H and O–H groups in total. The summed E-state index contributed by atoms with van der Waals surface area (Å²) >= 11 is 6.43. The zero-order chi connectivity index (χ0) is 22.9. The highest BCUT2D eigenvalue weighted by molar-refractivity contribution is 6.21. The monoisotopic (exact) mass is 474 g/mol. The van der Waals surface area contributed by atoms with E-state index in [0.717, 1.165) is 32.1 Å². The van der Waals surface area contributed by atoms with Gasteiger partial charge < -0.3 is 24.5 Å². The molecule has 5 rings (SSSR count). The van der Waals surface area contributed by atoms with Gasteiger partial charge in [-0.05, 0) is 37.0 Å². The summed E-state index contributed by atoms with van der Waals surface area (Å²) in [6, 6.07) is 3.67. The molecule has 0 spiro atoms. The number of carbonyl (C=O) groups is 2. The van der Waals surface area contributed by atoms with Crippen molar-refractivity contribution in [3.05, 3.63) is 36.4 Å². The van der Waals surface area contributed by atoms with Gasteiger partial charge in [-0.3, -0.25) is 9.59 Å². The molecule has 2 aromatic heterocycles. The maximum Gasteiger partial charge on any atom is 0.287 e. The first kappa shape index (κ1) is 22.3. The van der Waals surface area contributed by atoms with Gasteiger partial charge in [-0.1, -0.05) is 19.3 Å².